The highest BCUT2D eigenvalue weighted by atomic mass is 35.5. The van der Waals surface area contributed by atoms with Crippen LogP contribution >= 0.6 is 11.6 Å². The van der Waals surface area contributed by atoms with Crippen molar-refractivity contribution in [2.75, 3.05) is 77.2 Å². The Bertz CT molecular complexity index is 2840. The number of benzene rings is 3. The summed E-state index contributed by atoms with van der Waals surface area (Å²) in [6.45, 7) is 9.43. The van der Waals surface area contributed by atoms with Crippen LogP contribution in [0.5, 0.6) is 5.75 Å². The molecule has 1 unspecified atom stereocenters. The van der Waals surface area contributed by atoms with Crippen LogP contribution < -0.4 is 27.0 Å². The molecule has 5 aromatic rings. The number of anilines is 2. The zero-order valence-electron chi connectivity index (χ0n) is 38.2. The number of aromatic nitrogens is 4. The lowest BCUT2D eigenvalue weighted by Crippen LogP contribution is -2.51. The third-order valence-corrected chi connectivity index (χ3v) is 13.5. The summed E-state index contributed by atoms with van der Waals surface area (Å²) in [5, 5.41) is 4.26. The van der Waals surface area contributed by atoms with Gasteiger partial charge >= 0.3 is 11.9 Å². The summed E-state index contributed by atoms with van der Waals surface area (Å²) >= 11 is 6.35. The molecule has 2 atom stereocenters. The van der Waals surface area contributed by atoms with Gasteiger partial charge in [-0.3, -0.25) is 28.8 Å². The number of nitrogens with one attached hydrogen (secondary N) is 2. The molecule has 68 heavy (non-hydrogen) atoms. The van der Waals surface area contributed by atoms with Crippen molar-refractivity contribution in [3.8, 4) is 11.4 Å². The number of likely N-dealkylation sites (tertiary alicyclic amines) is 1. The Morgan fingerprint density at radius 2 is 1.74 bits per heavy atom. The van der Waals surface area contributed by atoms with E-state index in [1.807, 2.05) is 17.0 Å². The Hall–Kier alpha value is -6.24. The lowest BCUT2D eigenvalue weighted by molar-refractivity contribution is -0.138. The molecule has 0 spiro atoms. The van der Waals surface area contributed by atoms with Crippen molar-refractivity contribution in [3.63, 3.8) is 0 Å². The Kier molecular flexibility index (Phi) is 14.6. The number of fused-ring (bicyclic) bond motifs is 1. The van der Waals surface area contributed by atoms with Gasteiger partial charge in [-0.05, 0) is 105 Å². The Balaban J connectivity index is 0.792. The van der Waals surface area contributed by atoms with Crippen LogP contribution in [0.2, 0.25) is 5.02 Å². The van der Waals surface area contributed by atoms with E-state index >= 15 is 0 Å². The molecule has 19 heteroatoms. The largest absolute Gasteiger partial charge is 0.496 e. The maximum atomic E-state index is 13.8. The molecule has 0 bridgehead atoms. The molecule has 4 N–H and O–H groups in total. The SMILES string of the molecule is COc1cc2nc(C)nc(N[C@H](C)c3cc(N)cc(C(F)(F)F)c3)c2cc1C1=CCC(C(=O)N2CCN(CCOCC3CCN(C(=O)c4ccc(Cl)c(-n5ccc(=O)[nH]c5=O)c4)CC3)CC2)CC1. The number of hydrogen-bond acceptors (Lipinski definition) is 11. The van der Waals surface area contributed by atoms with Crippen LogP contribution in [0, 0.1) is 18.8 Å². The summed E-state index contributed by atoms with van der Waals surface area (Å²) in [7, 11) is 1.60. The van der Waals surface area contributed by atoms with E-state index in [4.69, 9.17) is 26.8 Å². The number of piperazine rings is 1. The average molecular weight is 958 g/mol. The van der Waals surface area contributed by atoms with E-state index in [-0.39, 0.29) is 28.4 Å². The summed E-state index contributed by atoms with van der Waals surface area (Å²) in [5.74, 6) is 1.78. The van der Waals surface area contributed by atoms with E-state index < -0.39 is 29.0 Å². The number of amides is 2. The molecular formula is C49H55ClF3N9O6. The van der Waals surface area contributed by atoms with Crippen molar-refractivity contribution in [1.29, 1.82) is 0 Å². The lowest BCUT2D eigenvalue weighted by atomic mass is 9.85. The summed E-state index contributed by atoms with van der Waals surface area (Å²) in [6, 6.07) is 12.8. The highest BCUT2D eigenvalue weighted by Gasteiger charge is 2.33. The fraction of sp³-hybridized carbons (Fsp3) is 0.429. The molecular weight excluding hydrogens is 903 g/mol. The minimum atomic E-state index is -4.54. The van der Waals surface area contributed by atoms with Gasteiger partial charge in [-0.25, -0.2) is 14.8 Å². The van der Waals surface area contributed by atoms with Crippen LogP contribution in [0.3, 0.4) is 0 Å². The molecule has 2 aliphatic heterocycles. The van der Waals surface area contributed by atoms with Crippen molar-refractivity contribution in [3.05, 3.63) is 121 Å². The first-order valence-corrected chi connectivity index (χ1v) is 23.2. The highest BCUT2D eigenvalue weighted by Crippen LogP contribution is 2.40. The van der Waals surface area contributed by atoms with Crippen LogP contribution in [-0.2, 0) is 15.7 Å². The van der Waals surface area contributed by atoms with Gasteiger partial charge < -0.3 is 30.3 Å². The van der Waals surface area contributed by atoms with E-state index in [2.05, 4.69) is 31.2 Å². The zero-order chi connectivity index (χ0) is 48.3. The van der Waals surface area contributed by atoms with Crippen molar-refractivity contribution >= 4 is 51.4 Å². The van der Waals surface area contributed by atoms with E-state index in [0.29, 0.717) is 110 Å². The summed E-state index contributed by atoms with van der Waals surface area (Å²) in [6.07, 6.45) is 2.43. The predicted octanol–water partition coefficient (Wildman–Crippen LogP) is 7.11. The number of aryl methyl sites for hydroxylation is 1. The second-order valence-electron chi connectivity index (χ2n) is 17.8. The molecule has 2 saturated heterocycles. The van der Waals surface area contributed by atoms with Gasteiger partial charge in [-0.1, -0.05) is 17.7 Å². The van der Waals surface area contributed by atoms with Crippen molar-refractivity contribution in [2.24, 2.45) is 11.8 Å². The number of nitrogens with zero attached hydrogens (tertiary/aromatic N) is 6. The number of ether oxygens (including phenoxy) is 2. The number of allylic oxidation sites excluding steroid dienone is 2. The number of alkyl halides is 3. The normalized spacial score (nSPS) is 17.8. The monoisotopic (exact) mass is 957 g/mol. The van der Waals surface area contributed by atoms with Gasteiger partial charge in [0, 0.05) is 98.9 Å². The molecule has 2 aromatic heterocycles. The molecule has 0 saturated carbocycles. The van der Waals surface area contributed by atoms with Gasteiger partial charge in [-0.15, -0.1) is 0 Å². The van der Waals surface area contributed by atoms with E-state index in [1.54, 1.807) is 44.1 Å². The van der Waals surface area contributed by atoms with E-state index in [1.165, 1.54) is 22.9 Å². The Labute approximate surface area is 396 Å². The van der Waals surface area contributed by atoms with E-state index in [9.17, 15) is 32.3 Å². The van der Waals surface area contributed by atoms with Gasteiger partial charge in [0.2, 0.25) is 5.91 Å². The third-order valence-electron chi connectivity index (χ3n) is 13.2. The number of aromatic amines is 1. The third kappa shape index (κ3) is 11.0. The standard InChI is InChI=1S/C49H55ClF3N9O6/c1-29(35-22-36(49(51,52)53)25-37(54)23-35)55-45-39-26-38(43(67-3)27-41(39)56-30(2)57-45)32-4-6-33(7-5-32)46(64)61-18-16-59(17-19-61)20-21-68-28-31-10-13-60(14-11-31)47(65)34-8-9-40(50)42(24-34)62-15-12-44(63)58-48(62)66/h4,8-9,12,15,22-27,29,31,33H,5-7,10-11,13-14,16-21,28,54H2,1-3H3,(H,55,56,57)(H,58,63,66)/t29-,33?/m1/s1. The minimum Gasteiger partial charge on any atom is -0.496 e. The number of carbonyl (C=O) groups excluding carboxylic acids is 2. The molecule has 3 aliphatic rings. The summed E-state index contributed by atoms with van der Waals surface area (Å²) < 4.78 is 54.0. The summed E-state index contributed by atoms with van der Waals surface area (Å²) in [4.78, 5) is 68.6. The molecule has 3 aromatic carbocycles. The fourth-order valence-electron chi connectivity index (χ4n) is 9.30. The molecule has 8 rings (SSSR count). The van der Waals surface area contributed by atoms with Crippen molar-refractivity contribution < 1.29 is 32.2 Å². The molecule has 360 valence electrons. The second-order valence-corrected chi connectivity index (χ2v) is 18.2. The van der Waals surface area contributed by atoms with Gasteiger partial charge in [0.25, 0.3) is 11.5 Å². The molecule has 4 heterocycles. The second kappa shape index (κ2) is 20.5. The number of rotatable bonds is 13. The van der Waals surface area contributed by atoms with Crippen molar-refractivity contribution in [2.45, 2.75) is 58.2 Å². The predicted molar refractivity (Wildman–Crippen MR) is 254 cm³/mol. The van der Waals surface area contributed by atoms with Gasteiger partial charge in [0.1, 0.15) is 17.4 Å². The first-order chi connectivity index (χ1) is 32.5. The van der Waals surface area contributed by atoms with Crippen LogP contribution in [0.1, 0.15) is 77.9 Å². The van der Waals surface area contributed by atoms with Crippen LogP contribution in [0.25, 0.3) is 22.2 Å². The number of nitrogens with two attached hydrogens (primary N) is 1. The maximum Gasteiger partial charge on any atom is 0.416 e. The van der Waals surface area contributed by atoms with Gasteiger partial charge in [0.15, 0.2) is 0 Å². The Morgan fingerprint density at radius 3 is 2.43 bits per heavy atom. The van der Waals surface area contributed by atoms with Gasteiger partial charge in [0.05, 0.1) is 41.5 Å². The maximum absolute atomic E-state index is 13.8. The first kappa shape index (κ1) is 48.2. The van der Waals surface area contributed by atoms with Crippen LogP contribution in [0.4, 0.5) is 24.7 Å². The number of methoxy groups -OCH3 is 1. The number of halogens is 4. The lowest BCUT2D eigenvalue weighted by Gasteiger charge is -2.37. The number of hydrogen-bond donors (Lipinski definition) is 3. The number of H-pyrrole nitrogens is 1. The van der Waals surface area contributed by atoms with E-state index in [0.717, 1.165) is 55.7 Å². The van der Waals surface area contributed by atoms with Gasteiger partial charge in [-0.2, -0.15) is 13.2 Å². The molecule has 2 fully saturated rings. The first-order valence-electron chi connectivity index (χ1n) is 22.8. The molecule has 15 nitrogen and oxygen atoms in total. The fourth-order valence-corrected chi connectivity index (χ4v) is 9.51. The zero-order valence-corrected chi connectivity index (χ0v) is 39.0. The minimum absolute atomic E-state index is 0.0176. The smallest absolute Gasteiger partial charge is 0.416 e. The van der Waals surface area contributed by atoms with Crippen molar-refractivity contribution in [1.82, 2.24) is 34.2 Å². The average Bonchev–Trinajstić information content (AvgIpc) is 3.32. The van der Waals surface area contributed by atoms with Crippen LogP contribution in [0.15, 0.2) is 76.5 Å². The van der Waals surface area contributed by atoms with Crippen LogP contribution in [-0.4, -0.2) is 112 Å². The molecule has 1 aliphatic carbocycles. The molecule has 2 amide bonds. The topological polar surface area (TPSA) is 181 Å². The number of carbonyl (C=O) groups is 2. The highest BCUT2D eigenvalue weighted by molar-refractivity contribution is 6.32. The number of nitrogen functional groups attached to an aromatic ring is 1. The Morgan fingerprint density at radius 1 is 0.971 bits per heavy atom. The summed E-state index contributed by atoms with van der Waals surface area (Å²) in [5.41, 5.74) is 7.50. The number of piperidine rings is 1. The quantitative estimate of drug-likeness (QED) is 0.0809. The molecule has 0 radical (unpaired) electrons.